The lowest BCUT2D eigenvalue weighted by molar-refractivity contribution is 0.318. The molecule has 2 nitrogen and oxygen atoms in total. The summed E-state index contributed by atoms with van der Waals surface area (Å²) < 4.78 is 18.5. The molecule has 0 aliphatic carbocycles. The number of nitrogens with one attached hydrogen (secondary N) is 1. The molecule has 1 N–H and O–H groups in total. The van der Waals surface area contributed by atoms with Crippen molar-refractivity contribution in [3.05, 3.63) is 29.8 Å². The first-order valence-corrected chi connectivity index (χ1v) is 4.21. The van der Waals surface area contributed by atoms with E-state index in [0.29, 0.717) is 17.9 Å². The second-order valence-electron chi connectivity index (χ2n) is 2.77. The van der Waals surface area contributed by atoms with Crippen LogP contribution >= 0.6 is 0 Å². The van der Waals surface area contributed by atoms with Gasteiger partial charge in [0.1, 0.15) is 11.9 Å². The van der Waals surface area contributed by atoms with Crippen molar-refractivity contribution in [3.63, 3.8) is 0 Å². The van der Waals surface area contributed by atoms with E-state index in [1.165, 1.54) is 0 Å². The third kappa shape index (κ3) is 2.42. The Morgan fingerprint density at radius 1 is 1.46 bits per heavy atom. The Morgan fingerprint density at radius 3 is 2.77 bits per heavy atom. The predicted octanol–water partition coefficient (Wildman–Crippen LogP) is 1.93. The van der Waals surface area contributed by atoms with Gasteiger partial charge in [-0.05, 0) is 13.1 Å². The van der Waals surface area contributed by atoms with Crippen molar-refractivity contribution in [3.8, 4) is 5.75 Å². The van der Waals surface area contributed by atoms with Gasteiger partial charge in [0.05, 0.1) is 7.11 Å². The van der Waals surface area contributed by atoms with Crippen LogP contribution in [0.1, 0.15) is 11.7 Å². The highest BCUT2D eigenvalue weighted by Crippen LogP contribution is 2.26. The second kappa shape index (κ2) is 4.82. The zero-order valence-corrected chi connectivity index (χ0v) is 7.88. The fourth-order valence-corrected chi connectivity index (χ4v) is 1.21. The summed E-state index contributed by atoms with van der Waals surface area (Å²) in [5.74, 6) is 0.602. The van der Waals surface area contributed by atoms with E-state index in [9.17, 15) is 4.39 Å². The van der Waals surface area contributed by atoms with Crippen LogP contribution in [-0.2, 0) is 0 Å². The SMILES string of the molecule is CNCC(F)c1ccccc1OC. The summed E-state index contributed by atoms with van der Waals surface area (Å²) in [6, 6.07) is 7.13. The molecule has 0 aliphatic rings. The first-order chi connectivity index (χ1) is 6.29. The smallest absolute Gasteiger partial charge is 0.141 e. The van der Waals surface area contributed by atoms with Crippen molar-refractivity contribution in [1.29, 1.82) is 0 Å². The maximum Gasteiger partial charge on any atom is 0.141 e. The molecular formula is C10H14FNO. The minimum atomic E-state index is -1.01. The topological polar surface area (TPSA) is 21.3 Å². The van der Waals surface area contributed by atoms with Gasteiger partial charge in [-0.15, -0.1) is 0 Å². The van der Waals surface area contributed by atoms with E-state index in [1.54, 1.807) is 32.4 Å². The van der Waals surface area contributed by atoms with Gasteiger partial charge in [-0.1, -0.05) is 18.2 Å². The maximum atomic E-state index is 13.4. The minimum absolute atomic E-state index is 0.306. The number of ether oxygens (including phenoxy) is 1. The Balaban J connectivity index is 2.85. The van der Waals surface area contributed by atoms with E-state index in [-0.39, 0.29) is 0 Å². The number of hydrogen-bond acceptors (Lipinski definition) is 2. The molecule has 1 unspecified atom stereocenters. The molecule has 1 atom stereocenters. The molecule has 72 valence electrons. The van der Waals surface area contributed by atoms with Gasteiger partial charge in [-0.2, -0.15) is 0 Å². The second-order valence-corrected chi connectivity index (χ2v) is 2.77. The van der Waals surface area contributed by atoms with Crippen molar-refractivity contribution in [2.45, 2.75) is 6.17 Å². The average molecular weight is 183 g/mol. The summed E-state index contributed by atoms with van der Waals surface area (Å²) >= 11 is 0. The van der Waals surface area contributed by atoms with E-state index in [4.69, 9.17) is 4.74 Å². The van der Waals surface area contributed by atoms with Crippen LogP contribution in [0.4, 0.5) is 4.39 Å². The van der Waals surface area contributed by atoms with Gasteiger partial charge < -0.3 is 10.1 Å². The molecule has 0 fully saturated rings. The van der Waals surface area contributed by atoms with Gasteiger partial charge >= 0.3 is 0 Å². The zero-order valence-electron chi connectivity index (χ0n) is 7.88. The van der Waals surface area contributed by atoms with Crippen LogP contribution in [-0.4, -0.2) is 20.7 Å². The Kier molecular flexibility index (Phi) is 3.71. The van der Waals surface area contributed by atoms with Crippen LogP contribution in [0, 0.1) is 0 Å². The Hall–Kier alpha value is -1.09. The van der Waals surface area contributed by atoms with Crippen LogP contribution in [0.3, 0.4) is 0 Å². The molecule has 0 amide bonds. The lowest BCUT2D eigenvalue weighted by atomic mass is 10.1. The van der Waals surface area contributed by atoms with E-state index < -0.39 is 6.17 Å². The number of para-hydroxylation sites is 1. The predicted molar refractivity (Wildman–Crippen MR) is 50.8 cm³/mol. The van der Waals surface area contributed by atoms with Crippen LogP contribution < -0.4 is 10.1 Å². The molecule has 0 radical (unpaired) electrons. The third-order valence-corrected chi connectivity index (χ3v) is 1.86. The summed E-state index contributed by atoms with van der Waals surface area (Å²) in [7, 11) is 3.27. The number of methoxy groups -OCH3 is 1. The monoisotopic (exact) mass is 183 g/mol. The normalized spacial score (nSPS) is 12.5. The highest BCUT2D eigenvalue weighted by atomic mass is 19.1. The van der Waals surface area contributed by atoms with E-state index in [0.717, 1.165) is 0 Å². The number of likely N-dealkylation sites (N-methyl/N-ethyl adjacent to an activating group) is 1. The largest absolute Gasteiger partial charge is 0.496 e. The fourth-order valence-electron chi connectivity index (χ4n) is 1.21. The molecule has 0 bridgehead atoms. The molecule has 1 aromatic carbocycles. The summed E-state index contributed by atoms with van der Waals surface area (Å²) in [6.45, 7) is 0.306. The molecule has 3 heteroatoms. The molecule has 0 spiro atoms. The molecule has 0 heterocycles. The zero-order chi connectivity index (χ0) is 9.68. The Morgan fingerprint density at radius 2 is 2.15 bits per heavy atom. The molecule has 1 aromatic rings. The molecular weight excluding hydrogens is 169 g/mol. The van der Waals surface area contributed by atoms with Gasteiger partial charge in [-0.3, -0.25) is 0 Å². The number of alkyl halides is 1. The van der Waals surface area contributed by atoms with Crippen LogP contribution in [0.5, 0.6) is 5.75 Å². The summed E-state index contributed by atoms with van der Waals surface area (Å²) in [6.07, 6.45) is -1.01. The van der Waals surface area contributed by atoms with Gasteiger partial charge in [0.25, 0.3) is 0 Å². The van der Waals surface area contributed by atoms with E-state index >= 15 is 0 Å². The van der Waals surface area contributed by atoms with Crippen molar-refractivity contribution in [2.75, 3.05) is 20.7 Å². The summed E-state index contributed by atoms with van der Waals surface area (Å²) in [5.41, 5.74) is 0.597. The van der Waals surface area contributed by atoms with Crippen molar-refractivity contribution < 1.29 is 9.13 Å². The molecule has 1 rings (SSSR count). The summed E-state index contributed by atoms with van der Waals surface area (Å²) in [5, 5.41) is 2.79. The Bertz CT molecular complexity index is 265. The van der Waals surface area contributed by atoms with Crippen molar-refractivity contribution >= 4 is 0 Å². The number of rotatable bonds is 4. The van der Waals surface area contributed by atoms with Gasteiger partial charge in [0.2, 0.25) is 0 Å². The lowest BCUT2D eigenvalue weighted by Crippen LogP contribution is -2.14. The van der Waals surface area contributed by atoms with Gasteiger partial charge in [0, 0.05) is 12.1 Å². The molecule has 13 heavy (non-hydrogen) atoms. The van der Waals surface area contributed by atoms with E-state index in [2.05, 4.69) is 5.32 Å². The van der Waals surface area contributed by atoms with E-state index in [1.807, 2.05) is 6.07 Å². The molecule has 0 aliphatic heterocycles. The third-order valence-electron chi connectivity index (χ3n) is 1.86. The van der Waals surface area contributed by atoms with Gasteiger partial charge in [0.15, 0.2) is 0 Å². The molecule has 0 saturated heterocycles. The summed E-state index contributed by atoms with van der Waals surface area (Å²) in [4.78, 5) is 0. The average Bonchev–Trinajstić information content (AvgIpc) is 2.18. The fraction of sp³-hybridized carbons (Fsp3) is 0.400. The number of hydrogen-bond donors (Lipinski definition) is 1. The standard InChI is InChI=1S/C10H14FNO/c1-12-7-9(11)8-5-3-4-6-10(8)13-2/h3-6,9,12H,7H2,1-2H3. The van der Waals surface area contributed by atoms with Crippen molar-refractivity contribution in [1.82, 2.24) is 5.32 Å². The number of halogens is 1. The lowest BCUT2D eigenvalue weighted by Gasteiger charge is -2.11. The highest BCUT2D eigenvalue weighted by Gasteiger charge is 2.12. The first-order valence-electron chi connectivity index (χ1n) is 4.21. The molecule has 0 saturated carbocycles. The van der Waals surface area contributed by atoms with Gasteiger partial charge in [-0.25, -0.2) is 4.39 Å². The highest BCUT2D eigenvalue weighted by molar-refractivity contribution is 5.35. The first kappa shape index (κ1) is 9.99. The molecule has 0 aromatic heterocycles. The van der Waals surface area contributed by atoms with Crippen molar-refractivity contribution in [2.24, 2.45) is 0 Å². The van der Waals surface area contributed by atoms with Crippen LogP contribution in [0.15, 0.2) is 24.3 Å². The van der Waals surface area contributed by atoms with Crippen LogP contribution in [0.25, 0.3) is 0 Å². The van der Waals surface area contributed by atoms with Crippen LogP contribution in [0.2, 0.25) is 0 Å². The maximum absolute atomic E-state index is 13.4. The Labute approximate surface area is 77.7 Å². The number of benzene rings is 1. The quantitative estimate of drug-likeness (QED) is 0.770. The minimum Gasteiger partial charge on any atom is -0.496 e.